The maximum absolute atomic E-state index is 12.3. The highest BCUT2D eigenvalue weighted by atomic mass is 16.4. The first-order chi connectivity index (χ1) is 13.2. The van der Waals surface area contributed by atoms with Crippen molar-refractivity contribution < 1.29 is 15.0 Å². The molecule has 4 aromatic rings. The average Bonchev–Trinajstić information content (AvgIpc) is 3.10. The Morgan fingerprint density at radius 3 is 1.96 bits per heavy atom. The first-order valence-corrected chi connectivity index (χ1v) is 8.54. The van der Waals surface area contributed by atoms with Crippen LogP contribution in [-0.4, -0.2) is 20.7 Å². The quantitative estimate of drug-likeness (QED) is 0.528. The maximum Gasteiger partial charge on any atom is 0.338 e. The van der Waals surface area contributed by atoms with Crippen molar-refractivity contribution in [3.05, 3.63) is 96.7 Å². The van der Waals surface area contributed by atoms with E-state index in [1.54, 1.807) is 24.3 Å². The second-order valence-corrected chi connectivity index (χ2v) is 6.16. The molecule has 0 saturated carbocycles. The minimum atomic E-state index is -1.04. The topological polar surface area (TPSA) is 62.5 Å². The number of hydrogen-bond donors (Lipinski definition) is 2. The van der Waals surface area contributed by atoms with Gasteiger partial charge in [0.05, 0.1) is 11.3 Å². The zero-order chi connectivity index (χ0) is 18.8. The van der Waals surface area contributed by atoms with Crippen molar-refractivity contribution in [2.75, 3.05) is 0 Å². The summed E-state index contributed by atoms with van der Waals surface area (Å²) in [5.74, 6) is -1.00. The van der Waals surface area contributed by atoms with Crippen molar-refractivity contribution in [2.24, 2.45) is 0 Å². The van der Waals surface area contributed by atoms with Crippen LogP contribution in [0, 0.1) is 0 Å². The smallest absolute Gasteiger partial charge is 0.338 e. The summed E-state index contributed by atoms with van der Waals surface area (Å²) in [6.07, 6.45) is 1.82. The van der Waals surface area contributed by atoms with Crippen LogP contribution >= 0.6 is 0 Å². The lowest BCUT2D eigenvalue weighted by molar-refractivity contribution is 0.0698. The van der Waals surface area contributed by atoms with Crippen LogP contribution in [0.25, 0.3) is 28.1 Å². The number of para-hydroxylation sites is 2. The van der Waals surface area contributed by atoms with Gasteiger partial charge in [-0.25, -0.2) is 4.79 Å². The summed E-state index contributed by atoms with van der Waals surface area (Å²) in [5.41, 5.74) is 3.31. The predicted molar refractivity (Wildman–Crippen MR) is 105 cm³/mol. The molecule has 1 aromatic heterocycles. The van der Waals surface area contributed by atoms with E-state index >= 15 is 0 Å². The number of aromatic carboxylic acids is 1. The van der Waals surface area contributed by atoms with E-state index in [2.05, 4.69) is 0 Å². The Bertz CT molecular complexity index is 1100. The van der Waals surface area contributed by atoms with E-state index in [1.165, 1.54) is 0 Å². The van der Waals surface area contributed by atoms with E-state index in [1.807, 2.05) is 71.4 Å². The zero-order valence-corrected chi connectivity index (χ0v) is 14.4. The molecule has 4 rings (SSSR count). The van der Waals surface area contributed by atoms with Crippen molar-refractivity contribution in [1.82, 2.24) is 4.57 Å². The first-order valence-electron chi connectivity index (χ1n) is 8.54. The number of carboxylic acids is 1. The van der Waals surface area contributed by atoms with E-state index in [0.717, 1.165) is 11.3 Å². The summed E-state index contributed by atoms with van der Waals surface area (Å²) in [5, 5.41) is 20.4. The third-order valence-corrected chi connectivity index (χ3v) is 4.50. The Kier molecular flexibility index (Phi) is 4.22. The van der Waals surface area contributed by atoms with E-state index < -0.39 is 5.97 Å². The molecule has 0 aliphatic heterocycles. The predicted octanol–water partition coefficient (Wildman–Crippen LogP) is 5.22. The number of hydrogen-bond acceptors (Lipinski definition) is 2. The van der Waals surface area contributed by atoms with Crippen LogP contribution in [0.4, 0.5) is 0 Å². The van der Waals surface area contributed by atoms with Gasteiger partial charge in [-0.2, -0.15) is 0 Å². The molecule has 0 bridgehead atoms. The monoisotopic (exact) mass is 355 g/mol. The number of phenolic OH excluding ortho intramolecular Hbond substituents is 1. The molecule has 0 spiro atoms. The molecule has 1 heterocycles. The molecule has 0 aliphatic carbocycles. The van der Waals surface area contributed by atoms with E-state index in [9.17, 15) is 15.0 Å². The number of nitrogens with zero attached hydrogens (tertiary/aromatic N) is 1. The molecule has 3 aromatic carbocycles. The van der Waals surface area contributed by atoms with Gasteiger partial charge in [-0.15, -0.1) is 0 Å². The summed E-state index contributed by atoms with van der Waals surface area (Å²) in [7, 11) is 0. The molecule has 0 aliphatic rings. The van der Waals surface area contributed by atoms with Gasteiger partial charge in [0.1, 0.15) is 5.75 Å². The Labute approximate surface area is 156 Å². The van der Waals surface area contributed by atoms with Crippen molar-refractivity contribution in [3.8, 4) is 33.8 Å². The van der Waals surface area contributed by atoms with Gasteiger partial charge < -0.3 is 14.8 Å². The average molecular weight is 355 g/mol. The minimum absolute atomic E-state index is 0.0369. The molecule has 132 valence electrons. The highest BCUT2D eigenvalue weighted by Crippen LogP contribution is 2.39. The SMILES string of the molecule is O=C(O)c1c(-c2ccccc2)cn(-c2ccccc2)c1-c1ccccc1O. The van der Waals surface area contributed by atoms with Gasteiger partial charge in [0.15, 0.2) is 0 Å². The minimum Gasteiger partial charge on any atom is -0.507 e. The maximum atomic E-state index is 12.3. The van der Waals surface area contributed by atoms with Gasteiger partial charge in [0.25, 0.3) is 0 Å². The molecular formula is C23H17NO3. The Morgan fingerprint density at radius 1 is 0.741 bits per heavy atom. The van der Waals surface area contributed by atoms with Gasteiger partial charge in [-0.3, -0.25) is 0 Å². The Morgan fingerprint density at radius 2 is 1.33 bits per heavy atom. The van der Waals surface area contributed by atoms with Crippen molar-refractivity contribution >= 4 is 5.97 Å². The standard InChI is InChI=1S/C23H17NO3/c25-20-14-8-7-13-18(20)22-21(23(26)27)19(16-9-3-1-4-10-16)15-24(22)17-11-5-2-6-12-17/h1-15,25H,(H,26,27). The summed E-state index contributed by atoms with van der Waals surface area (Å²) in [6, 6.07) is 25.7. The fraction of sp³-hybridized carbons (Fsp3) is 0. The fourth-order valence-corrected chi connectivity index (χ4v) is 3.29. The molecule has 2 N–H and O–H groups in total. The van der Waals surface area contributed by atoms with Gasteiger partial charge in [0.2, 0.25) is 0 Å². The molecule has 27 heavy (non-hydrogen) atoms. The van der Waals surface area contributed by atoms with Crippen LogP contribution in [0.2, 0.25) is 0 Å². The molecular weight excluding hydrogens is 338 g/mol. The first kappa shape index (κ1) is 16.7. The number of rotatable bonds is 4. The molecule has 0 saturated heterocycles. The third-order valence-electron chi connectivity index (χ3n) is 4.50. The lowest BCUT2D eigenvalue weighted by atomic mass is 9.99. The fourth-order valence-electron chi connectivity index (χ4n) is 3.29. The Balaban J connectivity index is 2.10. The lowest BCUT2D eigenvalue weighted by Gasteiger charge is -2.12. The second kappa shape index (κ2) is 6.84. The largest absolute Gasteiger partial charge is 0.507 e. The number of aromatic nitrogens is 1. The van der Waals surface area contributed by atoms with Crippen LogP contribution in [0.5, 0.6) is 5.75 Å². The van der Waals surface area contributed by atoms with Crippen LogP contribution < -0.4 is 0 Å². The van der Waals surface area contributed by atoms with Crippen LogP contribution in [0.3, 0.4) is 0 Å². The van der Waals surface area contributed by atoms with Crippen LogP contribution in [0.15, 0.2) is 91.1 Å². The summed E-state index contributed by atoms with van der Waals surface area (Å²) < 4.78 is 1.82. The summed E-state index contributed by atoms with van der Waals surface area (Å²) in [6.45, 7) is 0. The van der Waals surface area contributed by atoms with Crippen LogP contribution in [-0.2, 0) is 0 Å². The number of benzene rings is 3. The Hall–Kier alpha value is -3.79. The van der Waals surface area contributed by atoms with Gasteiger partial charge in [-0.1, -0.05) is 60.7 Å². The van der Waals surface area contributed by atoms with E-state index in [4.69, 9.17) is 0 Å². The lowest BCUT2D eigenvalue weighted by Crippen LogP contribution is -2.02. The summed E-state index contributed by atoms with van der Waals surface area (Å²) in [4.78, 5) is 12.3. The molecule has 0 atom stereocenters. The van der Waals surface area contributed by atoms with Crippen molar-refractivity contribution in [2.45, 2.75) is 0 Å². The van der Waals surface area contributed by atoms with E-state index in [0.29, 0.717) is 16.8 Å². The number of aromatic hydroxyl groups is 1. The molecule has 0 radical (unpaired) electrons. The molecule has 0 fully saturated rings. The normalized spacial score (nSPS) is 10.7. The molecule has 4 heteroatoms. The highest BCUT2D eigenvalue weighted by Gasteiger charge is 2.25. The van der Waals surface area contributed by atoms with Crippen molar-refractivity contribution in [3.63, 3.8) is 0 Å². The van der Waals surface area contributed by atoms with Crippen molar-refractivity contribution in [1.29, 1.82) is 0 Å². The van der Waals surface area contributed by atoms with E-state index in [-0.39, 0.29) is 11.3 Å². The second-order valence-electron chi connectivity index (χ2n) is 6.16. The van der Waals surface area contributed by atoms with Gasteiger partial charge in [-0.05, 0) is 29.8 Å². The third kappa shape index (κ3) is 2.98. The van der Waals surface area contributed by atoms with Gasteiger partial charge >= 0.3 is 5.97 Å². The summed E-state index contributed by atoms with van der Waals surface area (Å²) >= 11 is 0. The number of phenols is 1. The van der Waals surface area contributed by atoms with Gasteiger partial charge in [0, 0.05) is 23.0 Å². The molecule has 0 amide bonds. The van der Waals surface area contributed by atoms with Crippen LogP contribution in [0.1, 0.15) is 10.4 Å². The molecule has 0 unspecified atom stereocenters. The number of carboxylic acid groups (broad SMARTS) is 1. The number of carbonyl (C=O) groups is 1. The molecule has 4 nitrogen and oxygen atoms in total. The highest BCUT2D eigenvalue weighted by molar-refractivity contribution is 6.04. The zero-order valence-electron chi connectivity index (χ0n) is 14.4.